The average Bonchev–Trinajstić information content (AvgIpc) is 2.56. The van der Waals surface area contributed by atoms with E-state index in [9.17, 15) is 5.11 Å². The Bertz CT molecular complexity index is 327. The van der Waals surface area contributed by atoms with E-state index in [1.807, 2.05) is 37.3 Å². The quantitative estimate of drug-likeness (QED) is 0.677. The summed E-state index contributed by atoms with van der Waals surface area (Å²) in [5.41, 5.74) is 5.37. The lowest BCUT2D eigenvalue weighted by Gasteiger charge is -2.25. The van der Waals surface area contributed by atoms with Gasteiger partial charge in [-0.2, -0.15) is 0 Å². The van der Waals surface area contributed by atoms with Gasteiger partial charge in [0.15, 0.2) is 0 Å². The van der Waals surface area contributed by atoms with Gasteiger partial charge in [-0.25, -0.2) is 5.01 Å². The van der Waals surface area contributed by atoms with Gasteiger partial charge in [-0.1, -0.05) is 24.3 Å². The Kier molecular flexibility index (Phi) is 2.54. The Morgan fingerprint density at radius 2 is 2.14 bits per heavy atom. The van der Waals surface area contributed by atoms with Gasteiger partial charge in [0.2, 0.25) is 0 Å². The van der Waals surface area contributed by atoms with Crippen molar-refractivity contribution in [1.82, 2.24) is 10.4 Å². The molecule has 0 heterocycles. The molecule has 0 fully saturated rings. The molecule has 0 saturated heterocycles. The molecule has 2 rings (SSSR count). The normalized spacial score (nSPS) is 25.4. The van der Waals surface area contributed by atoms with Crippen molar-refractivity contribution in [3.8, 4) is 0 Å². The molecule has 0 spiro atoms. The standard InChI is InChI=1S/C11H16N2O/c1-12-13(2)10-7-8-5-3-4-6-9(8)11(10)14/h3-6,10-12,14H,7H2,1-2H3/t10-,11+/m1/s1. The lowest BCUT2D eigenvalue weighted by atomic mass is 10.1. The third-order valence-electron chi connectivity index (χ3n) is 3.02. The van der Waals surface area contributed by atoms with Crippen LogP contribution in [0.5, 0.6) is 0 Å². The molecule has 2 N–H and O–H groups in total. The van der Waals surface area contributed by atoms with Gasteiger partial charge in [0.25, 0.3) is 0 Å². The molecule has 0 aliphatic heterocycles. The topological polar surface area (TPSA) is 35.5 Å². The summed E-state index contributed by atoms with van der Waals surface area (Å²) in [6.45, 7) is 0. The number of aliphatic hydroxyl groups excluding tert-OH is 1. The number of rotatable bonds is 2. The van der Waals surface area contributed by atoms with E-state index < -0.39 is 0 Å². The third kappa shape index (κ3) is 1.43. The minimum absolute atomic E-state index is 0.150. The van der Waals surface area contributed by atoms with Crippen LogP contribution in [0.4, 0.5) is 0 Å². The first-order valence-corrected chi connectivity index (χ1v) is 4.90. The number of nitrogens with zero attached hydrogens (tertiary/aromatic N) is 1. The van der Waals surface area contributed by atoms with Crippen LogP contribution >= 0.6 is 0 Å². The van der Waals surface area contributed by atoms with E-state index in [-0.39, 0.29) is 12.1 Å². The van der Waals surface area contributed by atoms with E-state index in [4.69, 9.17) is 0 Å². The highest BCUT2D eigenvalue weighted by Crippen LogP contribution is 2.32. The highest BCUT2D eigenvalue weighted by Gasteiger charge is 2.32. The second kappa shape index (κ2) is 3.69. The van der Waals surface area contributed by atoms with E-state index in [0.29, 0.717) is 0 Å². The maximum absolute atomic E-state index is 10.1. The van der Waals surface area contributed by atoms with E-state index in [1.165, 1.54) is 5.56 Å². The number of aliphatic hydroxyl groups is 1. The van der Waals surface area contributed by atoms with Crippen LogP contribution in [-0.2, 0) is 6.42 Å². The lowest BCUT2D eigenvalue weighted by molar-refractivity contribution is 0.0527. The summed E-state index contributed by atoms with van der Waals surface area (Å²) in [6, 6.07) is 8.24. The molecule has 1 aliphatic rings. The second-order valence-electron chi connectivity index (χ2n) is 3.75. The fourth-order valence-corrected chi connectivity index (χ4v) is 2.07. The number of hydrogen-bond donors (Lipinski definition) is 2. The van der Waals surface area contributed by atoms with Crippen molar-refractivity contribution >= 4 is 0 Å². The zero-order chi connectivity index (χ0) is 10.1. The van der Waals surface area contributed by atoms with Gasteiger partial charge in [0.05, 0.1) is 12.1 Å². The predicted octanol–water partition coefficient (Wildman–Crippen LogP) is 0.711. The predicted molar refractivity (Wildman–Crippen MR) is 55.7 cm³/mol. The van der Waals surface area contributed by atoms with Gasteiger partial charge in [-0.3, -0.25) is 5.43 Å². The summed E-state index contributed by atoms with van der Waals surface area (Å²) in [7, 11) is 3.83. The minimum atomic E-state index is -0.372. The first-order valence-electron chi connectivity index (χ1n) is 4.90. The second-order valence-corrected chi connectivity index (χ2v) is 3.75. The summed E-state index contributed by atoms with van der Waals surface area (Å²) < 4.78 is 0. The molecule has 3 nitrogen and oxygen atoms in total. The van der Waals surface area contributed by atoms with Crippen molar-refractivity contribution < 1.29 is 5.11 Å². The number of likely N-dealkylation sites (N-methyl/N-ethyl adjacent to an activating group) is 1. The molecule has 1 aliphatic carbocycles. The monoisotopic (exact) mass is 192 g/mol. The van der Waals surface area contributed by atoms with Gasteiger partial charge in [-0.05, 0) is 24.6 Å². The molecule has 0 unspecified atom stereocenters. The molecule has 0 amide bonds. The fourth-order valence-electron chi connectivity index (χ4n) is 2.07. The zero-order valence-corrected chi connectivity index (χ0v) is 8.57. The van der Waals surface area contributed by atoms with Gasteiger partial charge >= 0.3 is 0 Å². The summed E-state index contributed by atoms with van der Waals surface area (Å²) >= 11 is 0. The van der Waals surface area contributed by atoms with Crippen LogP contribution in [0.15, 0.2) is 24.3 Å². The highest BCUT2D eigenvalue weighted by molar-refractivity contribution is 5.35. The summed E-state index contributed by atoms with van der Waals surface area (Å²) in [5.74, 6) is 0. The molecule has 0 bridgehead atoms. The van der Waals surface area contributed by atoms with E-state index in [1.54, 1.807) is 0 Å². The number of hydrogen-bond acceptors (Lipinski definition) is 3. The maximum Gasteiger partial charge on any atom is 0.0964 e. The van der Waals surface area contributed by atoms with E-state index in [2.05, 4.69) is 11.5 Å². The average molecular weight is 192 g/mol. The molecular formula is C11H16N2O. The zero-order valence-electron chi connectivity index (χ0n) is 8.57. The van der Waals surface area contributed by atoms with Crippen LogP contribution in [0.3, 0.4) is 0 Å². The van der Waals surface area contributed by atoms with Gasteiger partial charge in [0, 0.05) is 7.05 Å². The summed E-state index contributed by atoms with van der Waals surface area (Å²) in [4.78, 5) is 0. The maximum atomic E-state index is 10.1. The Balaban J connectivity index is 2.25. The van der Waals surface area contributed by atoms with Gasteiger partial charge < -0.3 is 5.11 Å². The Labute approximate surface area is 84.3 Å². The van der Waals surface area contributed by atoms with Crippen molar-refractivity contribution in [2.75, 3.05) is 14.1 Å². The van der Waals surface area contributed by atoms with Crippen molar-refractivity contribution in [3.05, 3.63) is 35.4 Å². The number of nitrogens with one attached hydrogen (secondary N) is 1. The van der Waals surface area contributed by atoms with Crippen molar-refractivity contribution in [2.24, 2.45) is 0 Å². The molecule has 1 aromatic carbocycles. The molecule has 0 radical (unpaired) electrons. The smallest absolute Gasteiger partial charge is 0.0964 e. The number of benzene rings is 1. The molecule has 3 heteroatoms. The summed E-state index contributed by atoms with van der Waals surface area (Å²) in [5, 5.41) is 12.0. The molecular weight excluding hydrogens is 176 g/mol. The summed E-state index contributed by atoms with van der Waals surface area (Å²) in [6.07, 6.45) is 0.540. The molecule has 1 aromatic rings. The fraction of sp³-hybridized carbons (Fsp3) is 0.455. The van der Waals surface area contributed by atoms with Crippen LogP contribution in [0, 0.1) is 0 Å². The van der Waals surface area contributed by atoms with E-state index >= 15 is 0 Å². The Morgan fingerprint density at radius 1 is 1.43 bits per heavy atom. The SMILES string of the molecule is CNN(C)[C@@H]1Cc2ccccc2[C@@H]1O. The largest absolute Gasteiger partial charge is 0.387 e. The van der Waals surface area contributed by atoms with Crippen LogP contribution in [0.25, 0.3) is 0 Å². The first kappa shape index (κ1) is 9.65. The van der Waals surface area contributed by atoms with Crippen LogP contribution in [0.1, 0.15) is 17.2 Å². The molecule has 2 atom stereocenters. The van der Waals surface area contributed by atoms with Crippen molar-refractivity contribution in [2.45, 2.75) is 18.6 Å². The minimum Gasteiger partial charge on any atom is -0.387 e. The van der Waals surface area contributed by atoms with Crippen LogP contribution in [-0.4, -0.2) is 30.3 Å². The highest BCUT2D eigenvalue weighted by atomic mass is 16.3. The molecule has 0 saturated carbocycles. The Hall–Kier alpha value is -0.900. The first-order chi connectivity index (χ1) is 6.74. The lowest BCUT2D eigenvalue weighted by Crippen LogP contribution is -2.42. The molecule has 0 aromatic heterocycles. The third-order valence-corrected chi connectivity index (χ3v) is 3.02. The van der Waals surface area contributed by atoms with Gasteiger partial charge in [0.1, 0.15) is 0 Å². The van der Waals surface area contributed by atoms with Crippen molar-refractivity contribution in [1.29, 1.82) is 0 Å². The molecule has 14 heavy (non-hydrogen) atoms. The number of fused-ring (bicyclic) bond motifs is 1. The Morgan fingerprint density at radius 3 is 2.79 bits per heavy atom. The van der Waals surface area contributed by atoms with E-state index in [0.717, 1.165) is 12.0 Å². The van der Waals surface area contributed by atoms with Crippen LogP contribution in [0.2, 0.25) is 0 Å². The number of hydrazine groups is 1. The molecule has 76 valence electrons. The van der Waals surface area contributed by atoms with Crippen LogP contribution < -0.4 is 5.43 Å². The van der Waals surface area contributed by atoms with Crippen molar-refractivity contribution in [3.63, 3.8) is 0 Å². The van der Waals surface area contributed by atoms with Gasteiger partial charge in [-0.15, -0.1) is 0 Å².